The molecule has 0 radical (unpaired) electrons. The Balaban J connectivity index is 1.42. The highest BCUT2D eigenvalue weighted by molar-refractivity contribution is 7.22. The summed E-state index contributed by atoms with van der Waals surface area (Å²) < 4.78 is 1.93. The van der Waals surface area contributed by atoms with E-state index in [9.17, 15) is 9.59 Å². The summed E-state index contributed by atoms with van der Waals surface area (Å²) in [6.45, 7) is 0.0991. The van der Waals surface area contributed by atoms with Gasteiger partial charge in [-0.1, -0.05) is 23.5 Å². The van der Waals surface area contributed by atoms with Crippen LogP contribution in [0.2, 0.25) is 0 Å². The van der Waals surface area contributed by atoms with E-state index in [0.29, 0.717) is 10.8 Å². The van der Waals surface area contributed by atoms with Crippen LogP contribution >= 0.6 is 22.7 Å². The van der Waals surface area contributed by atoms with Crippen LogP contribution in [0.15, 0.2) is 48.5 Å². The fraction of sp³-hybridized carbons (Fsp3) is 0.0556. The van der Waals surface area contributed by atoms with Gasteiger partial charge in [0.05, 0.1) is 16.8 Å². The fourth-order valence-corrected chi connectivity index (χ4v) is 4.28. The Hall–Kier alpha value is -2.97. The number of hydrogen-bond acceptors (Lipinski definition) is 6. The van der Waals surface area contributed by atoms with Crippen molar-refractivity contribution in [1.82, 2.24) is 4.98 Å². The van der Waals surface area contributed by atoms with Gasteiger partial charge in [0.1, 0.15) is 4.88 Å². The lowest BCUT2D eigenvalue weighted by Crippen LogP contribution is -2.21. The molecular weight excluding hydrogens is 370 g/mol. The number of carbonyl (C=O) groups excluding carboxylic acids is 1. The summed E-state index contributed by atoms with van der Waals surface area (Å²) in [4.78, 5) is 27.9. The standard InChI is InChI=1S/C18H13N3O3S2/c22-16(9-19-18-21-12-3-1-2-4-14(12)26-18)20-11-5-6-13-10(7-11)8-15(25-13)17(23)24/h1-8H,9H2,(H,19,21)(H,20,22)(H,23,24). The van der Waals surface area contributed by atoms with Crippen LogP contribution in [0.5, 0.6) is 0 Å². The Morgan fingerprint density at radius 1 is 1.04 bits per heavy atom. The Morgan fingerprint density at radius 2 is 1.88 bits per heavy atom. The lowest BCUT2D eigenvalue weighted by atomic mass is 10.2. The molecule has 0 aliphatic heterocycles. The van der Waals surface area contributed by atoms with E-state index < -0.39 is 5.97 Å². The molecule has 0 aliphatic carbocycles. The summed E-state index contributed by atoms with van der Waals surface area (Å²) in [6, 6.07) is 14.7. The van der Waals surface area contributed by atoms with Gasteiger partial charge >= 0.3 is 5.97 Å². The summed E-state index contributed by atoms with van der Waals surface area (Å²) in [5, 5.41) is 16.4. The average Bonchev–Trinajstić information content (AvgIpc) is 3.23. The van der Waals surface area contributed by atoms with Gasteiger partial charge in [0.2, 0.25) is 5.91 Å². The van der Waals surface area contributed by atoms with Crippen molar-refractivity contribution in [3.05, 3.63) is 53.4 Å². The van der Waals surface area contributed by atoms with E-state index >= 15 is 0 Å². The molecule has 3 N–H and O–H groups in total. The number of benzene rings is 2. The Bertz CT molecular complexity index is 1100. The van der Waals surface area contributed by atoms with Crippen LogP contribution in [0.1, 0.15) is 9.67 Å². The number of amides is 1. The van der Waals surface area contributed by atoms with E-state index in [-0.39, 0.29) is 17.3 Å². The predicted octanol–water partition coefficient (Wildman–Crippen LogP) is 4.26. The minimum absolute atomic E-state index is 0.0991. The van der Waals surface area contributed by atoms with Crippen molar-refractivity contribution < 1.29 is 14.7 Å². The third kappa shape index (κ3) is 3.37. The molecule has 2 heterocycles. The van der Waals surface area contributed by atoms with Gasteiger partial charge in [0.15, 0.2) is 5.13 Å². The van der Waals surface area contributed by atoms with Gasteiger partial charge in [0.25, 0.3) is 0 Å². The van der Waals surface area contributed by atoms with Crippen LogP contribution in [0, 0.1) is 0 Å². The first kappa shape index (κ1) is 16.5. The Kier molecular flexibility index (Phi) is 4.27. The van der Waals surface area contributed by atoms with Crippen LogP contribution in [0.4, 0.5) is 10.8 Å². The van der Waals surface area contributed by atoms with E-state index in [2.05, 4.69) is 15.6 Å². The molecule has 0 saturated heterocycles. The van der Waals surface area contributed by atoms with Crippen LogP contribution in [-0.2, 0) is 4.79 Å². The van der Waals surface area contributed by atoms with Crippen molar-refractivity contribution in [3.8, 4) is 0 Å². The topological polar surface area (TPSA) is 91.3 Å². The molecule has 0 aliphatic rings. The monoisotopic (exact) mass is 383 g/mol. The Labute approximate surface area is 156 Å². The molecule has 0 saturated carbocycles. The summed E-state index contributed by atoms with van der Waals surface area (Å²) >= 11 is 2.71. The third-order valence-electron chi connectivity index (χ3n) is 3.70. The minimum Gasteiger partial charge on any atom is -0.477 e. The van der Waals surface area contributed by atoms with Crippen molar-refractivity contribution in [2.75, 3.05) is 17.2 Å². The van der Waals surface area contributed by atoms with Gasteiger partial charge in [-0.15, -0.1) is 11.3 Å². The van der Waals surface area contributed by atoms with E-state index in [1.807, 2.05) is 30.3 Å². The number of carboxylic acid groups (broad SMARTS) is 1. The minimum atomic E-state index is -0.947. The zero-order valence-electron chi connectivity index (χ0n) is 13.4. The lowest BCUT2D eigenvalue weighted by molar-refractivity contribution is -0.114. The first-order valence-electron chi connectivity index (χ1n) is 7.75. The second-order valence-corrected chi connectivity index (χ2v) is 7.67. The molecule has 0 fully saturated rings. The second-order valence-electron chi connectivity index (χ2n) is 5.56. The third-order valence-corrected chi connectivity index (χ3v) is 5.80. The molecule has 2 aromatic heterocycles. The van der Waals surface area contributed by atoms with Crippen LogP contribution < -0.4 is 10.6 Å². The maximum absolute atomic E-state index is 12.2. The van der Waals surface area contributed by atoms with Crippen LogP contribution in [-0.4, -0.2) is 28.5 Å². The number of nitrogens with zero attached hydrogens (tertiary/aromatic N) is 1. The number of aromatic carboxylic acids is 1. The molecule has 2 aromatic carbocycles. The van der Waals surface area contributed by atoms with Gasteiger partial charge in [0, 0.05) is 10.4 Å². The number of aromatic nitrogens is 1. The van der Waals surface area contributed by atoms with Crippen molar-refractivity contribution in [3.63, 3.8) is 0 Å². The summed E-state index contributed by atoms with van der Waals surface area (Å²) in [5.41, 5.74) is 1.53. The van der Waals surface area contributed by atoms with Gasteiger partial charge in [-0.05, 0) is 41.8 Å². The van der Waals surface area contributed by atoms with Crippen molar-refractivity contribution in [2.45, 2.75) is 0 Å². The molecule has 4 aromatic rings. The first-order valence-corrected chi connectivity index (χ1v) is 9.38. The number of nitrogens with one attached hydrogen (secondary N) is 2. The van der Waals surface area contributed by atoms with E-state index in [4.69, 9.17) is 5.11 Å². The number of rotatable bonds is 5. The molecule has 26 heavy (non-hydrogen) atoms. The number of fused-ring (bicyclic) bond motifs is 2. The maximum atomic E-state index is 12.2. The van der Waals surface area contributed by atoms with Gasteiger partial charge < -0.3 is 15.7 Å². The van der Waals surface area contributed by atoms with Gasteiger partial charge in [-0.2, -0.15) is 0 Å². The molecule has 0 spiro atoms. The van der Waals surface area contributed by atoms with Crippen molar-refractivity contribution in [2.24, 2.45) is 0 Å². The van der Waals surface area contributed by atoms with Gasteiger partial charge in [-0.25, -0.2) is 9.78 Å². The molecule has 4 rings (SSSR count). The van der Waals surface area contributed by atoms with Crippen molar-refractivity contribution in [1.29, 1.82) is 0 Å². The smallest absolute Gasteiger partial charge is 0.345 e. The molecular formula is C18H13N3O3S2. The normalized spacial score (nSPS) is 10.9. The number of hydrogen-bond donors (Lipinski definition) is 3. The molecule has 6 nitrogen and oxygen atoms in total. The SMILES string of the molecule is O=C(CNc1nc2ccccc2s1)Nc1ccc2sc(C(=O)O)cc2c1. The van der Waals surface area contributed by atoms with Gasteiger partial charge in [-0.3, -0.25) is 4.79 Å². The second kappa shape index (κ2) is 6.74. The molecule has 1 amide bonds. The highest BCUT2D eigenvalue weighted by Crippen LogP contribution is 2.28. The maximum Gasteiger partial charge on any atom is 0.345 e. The highest BCUT2D eigenvalue weighted by Gasteiger charge is 2.10. The van der Waals surface area contributed by atoms with Crippen LogP contribution in [0.25, 0.3) is 20.3 Å². The molecule has 8 heteroatoms. The number of carbonyl (C=O) groups is 2. The predicted molar refractivity (Wildman–Crippen MR) is 106 cm³/mol. The van der Waals surface area contributed by atoms with E-state index in [0.717, 1.165) is 20.3 Å². The van der Waals surface area contributed by atoms with Crippen LogP contribution in [0.3, 0.4) is 0 Å². The zero-order chi connectivity index (χ0) is 18.1. The number of thiophene rings is 1. The first-order chi connectivity index (χ1) is 12.6. The number of para-hydroxylation sites is 1. The molecule has 130 valence electrons. The lowest BCUT2D eigenvalue weighted by Gasteiger charge is -2.06. The molecule has 0 unspecified atom stereocenters. The van der Waals surface area contributed by atoms with E-state index in [1.54, 1.807) is 18.2 Å². The summed E-state index contributed by atoms with van der Waals surface area (Å²) in [7, 11) is 0. The number of anilines is 2. The average molecular weight is 383 g/mol. The molecule has 0 atom stereocenters. The quantitative estimate of drug-likeness (QED) is 0.479. The number of thiazole rings is 1. The van der Waals surface area contributed by atoms with E-state index in [1.165, 1.54) is 22.7 Å². The number of carboxylic acids is 1. The zero-order valence-corrected chi connectivity index (χ0v) is 15.0. The summed E-state index contributed by atoms with van der Waals surface area (Å²) in [5.74, 6) is -1.14. The summed E-state index contributed by atoms with van der Waals surface area (Å²) in [6.07, 6.45) is 0. The molecule has 0 bridgehead atoms. The fourth-order valence-electron chi connectivity index (χ4n) is 2.54. The van der Waals surface area contributed by atoms with Crippen molar-refractivity contribution >= 4 is 65.7 Å². The highest BCUT2D eigenvalue weighted by atomic mass is 32.1. The Morgan fingerprint density at radius 3 is 2.69 bits per heavy atom. The largest absolute Gasteiger partial charge is 0.477 e.